The van der Waals surface area contributed by atoms with E-state index in [1.807, 2.05) is 0 Å². The zero-order valence-electron chi connectivity index (χ0n) is 8.21. The molecule has 0 aliphatic heterocycles. The lowest BCUT2D eigenvalue weighted by atomic mass is 10.2. The summed E-state index contributed by atoms with van der Waals surface area (Å²) >= 11 is 0. The van der Waals surface area contributed by atoms with Gasteiger partial charge in [0.15, 0.2) is 0 Å². The molecule has 0 saturated carbocycles. The lowest BCUT2D eigenvalue weighted by Gasteiger charge is -2.17. The molecule has 14 heavy (non-hydrogen) atoms. The maximum atomic E-state index is 11.6. The summed E-state index contributed by atoms with van der Waals surface area (Å²) in [6.45, 7) is 2.20. The monoisotopic (exact) mass is 192 g/mol. The van der Waals surface area contributed by atoms with Crippen molar-refractivity contribution in [3.63, 3.8) is 0 Å². The summed E-state index contributed by atoms with van der Waals surface area (Å²) in [5, 5.41) is 8.59. The maximum Gasteiger partial charge on any atom is 0.329 e. The van der Waals surface area contributed by atoms with E-state index in [4.69, 9.17) is 5.26 Å². The van der Waals surface area contributed by atoms with Gasteiger partial charge in [-0.15, -0.1) is 0 Å². The van der Waals surface area contributed by atoms with E-state index in [2.05, 4.69) is 11.1 Å². The Balaban J connectivity index is 2.59. The van der Waals surface area contributed by atoms with Gasteiger partial charge in [-0.1, -0.05) is 0 Å². The second-order valence-corrected chi connectivity index (χ2v) is 3.16. The van der Waals surface area contributed by atoms with Crippen LogP contribution in [0.3, 0.4) is 0 Å². The van der Waals surface area contributed by atoms with Crippen molar-refractivity contribution in [2.75, 3.05) is 13.6 Å². The minimum absolute atomic E-state index is 0.160. The van der Waals surface area contributed by atoms with Gasteiger partial charge in [0.1, 0.15) is 6.33 Å². The van der Waals surface area contributed by atoms with Crippen molar-refractivity contribution in [3.8, 4) is 6.07 Å². The van der Waals surface area contributed by atoms with Crippen LogP contribution in [-0.2, 0) is 0 Å². The summed E-state index contributed by atoms with van der Waals surface area (Å²) in [5.41, 5.74) is 0. The average molecular weight is 192 g/mol. The number of nitrogens with zero attached hydrogens (tertiary/aromatic N) is 4. The quantitative estimate of drug-likeness (QED) is 0.700. The first-order valence-corrected chi connectivity index (χ1v) is 4.28. The number of amides is 1. The number of imidazole rings is 1. The number of carbonyl (C=O) groups excluding carboxylic acids is 1. The van der Waals surface area contributed by atoms with Gasteiger partial charge in [-0.05, 0) is 6.92 Å². The van der Waals surface area contributed by atoms with Crippen molar-refractivity contribution in [2.45, 2.75) is 6.92 Å². The third-order valence-electron chi connectivity index (χ3n) is 1.82. The second kappa shape index (κ2) is 4.42. The van der Waals surface area contributed by atoms with Crippen LogP contribution in [0.2, 0.25) is 0 Å². The highest BCUT2D eigenvalue weighted by atomic mass is 16.2. The van der Waals surface area contributed by atoms with Crippen LogP contribution in [0.4, 0.5) is 4.79 Å². The van der Waals surface area contributed by atoms with Crippen molar-refractivity contribution >= 4 is 6.03 Å². The van der Waals surface area contributed by atoms with E-state index in [1.54, 1.807) is 26.4 Å². The molecule has 1 rings (SSSR count). The molecule has 0 aliphatic carbocycles. The molecule has 0 fully saturated rings. The Morgan fingerprint density at radius 1 is 1.79 bits per heavy atom. The van der Waals surface area contributed by atoms with Gasteiger partial charge in [-0.2, -0.15) is 5.26 Å². The van der Waals surface area contributed by atoms with Crippen LogP contribution < -0.4 is 0 Å². The molecular weight excluding hydrogens is 180 g/mol. The van der Waals surface area contributed by atoms with Crippen LogP contribution in [0, 0.1) is 17.2 Å². The number of aromatic nitrogens is 2. The zero-order valence-corrected chi connectivity index (χ0v) is 8.21. The number of carbonyl (C=O) groups is 1. The predicted octanol–water partition coefficient (Wildman–Crippen LogP) is 0.943. The standard InChI is InChI=1S/C9H12N4O/c1-8(5-10)6-12(2)9(14)13-4-3-11-7-13/h3-4,7-8H,6H2,1-2H3. The van der Waals surface area contributed by atoms with Crippen LogP contribution in [0.25, 0.3) is 0 Å². The van der Waals surface area contributed by atoms with Gasteiger partial charge in [-0.25, -0.2) is 9.78 Å². The van der Waals surface area contributed by atoms with E-state index in [9.17, 15) is 4.79 Å². The topological polar surface area (TPSA) is 61.9 Å². The average Bonchev–Trinajstić information content (AvgIpc) is 2.69. The Bertz CT molecular complexity index is 338. The fourth-order valence-electron chi connectivity index (χ4n) is 1.10. The van der Waals surface area contributed by atoms with Gasteiger partial charge in [0.25, 0.3) is 0 Å². The molecule has 5 nitrogen and oxygen atoms in total. The minimum atomic E-state index is -0.176. The van der Waals surface area contributed by atoms with Gasteiger partial charge in [0.2, 0.25) is 0 Å². The Kier molecular flexibility index (Phi) is 3.24. The van der Waals surface area contributed by atoms with Gasteiger partial charge in [-0.3, -0.25) is 4.57 Å². The molecule has 0 saturated heterocycles. The summed E-state index contributed by atoms with van der Waals surface area (Å²) in [6.07, 6.45) is 4.56. The molecule has 0 bridgehead atoms. The van der Waals surface area contributed by atoms with Crippen molar-refractivity contribution in [1.29, 1.82) is 5.26 Å². The fourth-order valence-corrected chi connectivity index (χ4v) is 1.10. The first-order valence-electron chi connectivity index (χ1n) is 4.28. The molecule has 1 amide bonds. The third kappa shape index (κ3) is 2.33. The van der Waals surface area contributed by atoms with Gasteiger partial charge in [0, 0.05) is 26.0 Å². The number of hydrogen-bond donors (Lipinski definition) is 0. The predicted molar refractivity (Wildman–Crippen MR) is 50.4 cm³/mol. The molecule has 0 aromatic carbocycles. The lowest BCUT2D eigenvalue weighted by Crippen LogP contribution is -2.33. The number of rotatable bonds is 2. The lowest BCUT2D eigenvalue weighted by molar-refractivity contribution is 0.207. The Morgan fingerprint density at radius 3 is 3.00 bits per heavy atom. The molecule has 1 aromatic rings. The normalized spacial score (nSPS) is 11.8. The third-order valence-corrected chi connectivity index (χ3v) is 1.82. The first kappa shape index (κ1) is 10.3. The Morgan fingerprint density at radius 2 is 2.50 bits per heavy atom. The van der Waals surface area contributed by atoms with E-state index in [0.29, 0.717) is 6.54 Å². The van der Waals surface area contributed by atoms with Crippen molar-refractivity contribution in [1.82, 2.24) is 14.5 Å². The van der Waals surface area contributed by atoms with E-state index in [-0.39, 0.29) is 11.9 Å². The van der Waals surface area contributed by atoms with E-state index >= 15 is 0 Å². The second-order valence-electron chi connectivity index (χ2n) is 3.16. The fraction of sp³-hybridized carbons (Fsp3) is 0.444. The summed E-state index contributed by atoms with van der Waals surface area (Å²) < 4.78 is 1.38. The zero-order chi connectivity index (χ0) is 10.6. The van der Waals surface area contributed by atoms with Crippen LogP contribution in [0.1, 0.15) is 6.92 Å². The van der Waals surface area contributed by atoms with E-state index < -0.39 is 0 Å². The summed E-state index contributed by atoms with van der Waals surface area (Å²) in [5.74, 6) is -0.160. The van der Waals surface area contributed by atoms with Crippen molar-refractivity contribution in [2.24, 2.45) is 5.92 Å². The first-order chi connectivity index (χ1) is 6.65. The summed E-state index contributed by atoms with van der Waals surface area (Å²) in [4.78, 5) is 16.9. The summed E-state index contributed by atoms with van der Waals surface area (Å²) in [7, 11) is 1.66. The molecule has 1 atom stereocenters. The SMILES string of the molecule is CC(C#N)CN(C)C(=O)n1ccnc1. The Labute approximate surface area is 82.6 Å². The molecule has 0 N–H and O–H groups in total. The highest BCUT2D eigenvalue weighted by Crippen LogP contribution is 1.99. The molecule has 1 aromatic heterocycles. The van der Waals surface area contributed by atoms with Gasteiger partial charge >= 0.3 is 6.03 Å². The molecular formula is C9H12N4O. The minimum Gasteiger partial charge on any atom is -0.326 e. The van der Waals surface area contributed by atoms with Crippen molar-refractivity contribution in [3.05, 3.63) is 18.7 Å². The van der Waals surface area contributed by atoms with Gasteiger partial charge < -0.3 is 4.90 Å². The smallest absolute Gasteiger partial charge is 0.326 e. The molecule has 0 radical (unpaired) electrons. The molecule has 74 valence electrons. The van der Waals surface area contributed by atoms with Crippen LogP contribution in [0.5, 0.6) is 0 Å². The Hall–Kier alpha value is -1.83. The van der Waals surface area contributed by atoms with Crippen LogP contribution >= 0.6 is 0 Å². The van der Waals surface area contributed by atoms with Crippen LogP contribution in [-0.4, -0.2) is 34.1 Å². The number of nitriles is 1. The molecule has 0 spiro atoms. The van der Waals surface area contributed by atoms with E-state index in [1.165, 1.54) is 15.8 Å². The maximum absolute atomic E-state index is 11.6. The molecule has 0 aliphatic rings. The highest BCUT2D eigenvalue weighted by molar-refractivity contribution is 5.76. The molecule has 1 heterocycles. The summed E-state index contributed by atoms with van der Waals surface area (Å²) in [6, 6.07) is 1.90. The molecule has 5 heteroatoms. The van der Waals surface area contributed by atoms with Crippen LogP contribution in [0.15, 0.2) is 18.7 Å². The largest absolute Gasteiger partial charge is 0.329 e. The van der Waals surface area contributed by atoms with Gasteiger partial charge in [0.05, 0.1) is 12.0 Å². The van der Waals surface area contributed by atoms with E-state index in [0.717, 1.165) is 0 Å². The highest BCUT2D eigenvalue weighted by Gasteiger charge is 2.12. The number of hydrogen-bond acceptors (Lipinski definition) is 3. The van der Waals surface area contributed by atoms with Crippen molar-refractivity contribution < 1.29 is 4.79 Å². The molecule has 1 unspecified atom stereocenters.